The predicted octanol–water partition coefficient (Wildman–Crippen LogP) is 3.47. The molecule has 2 heterocycles. The Labute approximate surface area is 185 Å². The average molecular weight is 452 g/mol. The monoisotopic (exact) mass is 451 g/mol. The number of carbonyl (C=O) groups excluding carboxylic acids is 2. The largest absolute Gasteiger partial charge is 0.497 e. The van der Waals surface area contributed by atoms with Crippen LogP contribution in [0.25, 0.3) is 11.0 Å². The molecular formula is C21H26ClN3O6. The second-order valence-corrected chi connectivity index (χ2v) is 8.65. The fourth-order valence-corrected chi connectivity index (χ4v) is 3.60. The maximum absolute atomic E-state index is 12.7. The molecule has 0 saturated carbocycles. The number of aromatic nitrogens is 2. The Morgan fingerprint density at radius 1 is 1.16 bits per heavy atom. The van der Waals surface area contributed by atoms with Crippen LogP contribution in [0.3, 0.4) is 0 Å². The van der Waals surface area contributed by atoms with Crippen LogP contribution >= 0.6 is 11.6 Å². The van der Waals surface area contributed by atoms with Crippen molar-refractivity contribution in [2.45, 2.75) is 45.4 Å². The first-order chi connectivity index (χ1) is 14.5. The molecule has 9 nitrogen and oxygen atoms in total. The van der Waals surface area contributed by atoms with Crippen LogP contribution in [0.15, 0.2) is 18.2 Å². The van der Waals surface area contributed by atoms with Crippen molar-refractivity contribution in [3.8, 4) is 11.6 Å². The van der Waals surface area contributed by atoms with Crippen molar-refractivity contribution >= 4 is 34.7 Å². The second kappa shape index (κ2) is 8.74. The summed E-state index contributed by atoms with van der Waals surface area (Å²) in [6.45, 7) is 7.16. The number of esters is 1. The number of likely N-dealkylation sites (tertiary alicyclic amines) is 1. The minimum absolute atomic E-state index is 0.0789. The summed E-state index contributed by atoms with van der Waals surface area (Å²) in [6, 6.07) is 4.35. The van der Waals surface area contributed by atoms with Gasteiger partial charge < -0.3 is 18.9 Å². The molecule has 31 heavy (non-hydrogen) atoms. The van der Waals surface area contributed by atoms with E-state index in [0.717, 1.165) is 0 Å². The number of nitrogens with zero attached hydrogens (tertiary/aromatic N) is 3. The molecule has 10 heteroatoms. The normalized spacial score (nSPS) is 21.1. The van der Waals surface area contributed by atoms with E-state index in [0.29, 0.717) is 16.8 Å². The van der Waals surface area contributed by atoms with E-state index in [1.807, 2.05) is 0 Å². The molecule has 3 rings (SSSR count). The van der Waals surface area contributed by atoms with Gasteiger partial charge in [0, 0.05) is 12.0 Å². The van der Waals surface area contributed by atoms with Crippen LogP contribution in [0.1, 0.15) is 27.7 Å². The fourth-order valence-electron chi connectivity index (χ4n) is 3.42. The second-order valence-electron chi connectivity index (χ2n) is 8.29. The quantitative estimate of drug-likeness (QED) is 0.651. The van der Waals surface area contributed by atoms with Crippen LogP contribution in [0.2, 0.25) is 5.15 Å². The molecular weight excluding hydrogens is 426 g/mol. The SMILES string of the molecule is COC(=O)[C@@H]1[C@H](C)[C@@H](Oc2nc3cc(OC)ccc3nc2Cl)CN1C(=O)OC(C)(C)C. The fraction of sp³-hybridized carbons (Fsp3) is 0.524. The average Bonchev–Trinajstić information content (AvgIpc) is 3.02. The molecule has 1 amide bonds. The van der Waals surface area contributed by atoms with Gasteiger partial charge in [-0.3, -0.25) is 4.90 Å². The molecule has 0 unspecified atom stereocenters. The van der Waals surface area contributed by atoms with Crippen molar-refractivity contribution in [2.24, 2.45) is 5.92 Å². The molecule has 1 aliphatic rings. The van der Waals surface area contributed by atoms with Gasteiger partial charge in [0.1, 0.15) is 23.5 Å². The summed E-state index contributed by atoms with van der Waals surface area (Å²) in [7, 11) is 2.83. The lowest BCUT2D eigenvalue weighted by Crippen LogP contribution is -2.45. The molecule has 0 radical (unpaired) electrons. The summed E-state index contributed by atoms with van der Waals surface area (Å²) in [5.74, 6) is -0.233. The minimum atomic E-state index is -0.864. The van der Waals surface area contributed by atoms with Crippen molar-refractivity contribution in [2.75, 3.05) is 20.8 Å². The van der Waals surface area contributed by atoms with Gasteiger partial charge >= 0.3 is 12.1 Å². The zero-order valence-corrected chi connectivity index (χ0v) is 19.1. The van der Waals surface area contributed by atoms with E-state index in [2.05, 4.69) is 9.97 Å². The summed E-state index contributed by atoms with van der Waals surface area (Å²) >= 11 is 6.29. The summed E-state index contributed by atoms with van der Waals surface area (Å²) in [5, 5.41) is 0.0789. The van der Waals surface area contributed by atoms with E-state index < -0.39 is 35.7 Å². The van der Waals surface area contributed by atoms with Crippen LogP contribution in [-0.4, -0.2) is 65.4 Å². The van der Waals surface area contributed by atoms with Gasteiger partial charge in [-0.2, -0.15) is 0 Å². The summed E-state index contributed by atoms with van der Waals surface area (Å²) in [6.07, 6.45) is -1.20. The lowest BCUT2D eigenvalue weighted by atomic mass is 10.0. The van der Waals surface area contributed by atoms with Crippen LogP contribution < -0.4 is 9.47 Å². The van der Waals surface area contributed by atoms with Crippen molar-refractivity contribution in [1.82, 2.24) is 14.9 Å². The third-order valence-electron chi connectivity index (χ3n) is 4.93. The van der Waals surface area contributed by atoms with Crippen LogP contribution in [0, 0.1) is 5.92 Å². The van der Waals surface area contributed by atoms with Crippen LogP contribution in [0.4, 0.5) is 4.79 Å². The van der Waals surface area contributed by atoms with Gasteiger partial charge in [0.2, 0.25) is 0 Å². The Morgan fingerprint density at radius 3 is 2.48 bits per heavy atom. The highest BCUT2D eigenvalue weighted by Gasteiger charge is 2.49. The molecule has 1 aromatic carbocycles. The first-order valence-corrected chi connectivity index (χ1v) is 10.2. The minimum Gasteiger partial charge on any atom is -0.497 e. The van der Waals surface area contributed by atoms with Gasteiger partial charge in [0.05, 0.1) is 31.8 Å². The van der Waals surface area contributed by atoms with Gasteiger partial charge in [0.15, 0.2) is 5.15 Å². The number of methoxy groups -OCH3 is 2. The summed E-state index contributed by atoms with van der Waals surface area (Å²) in [4.78, 5) is 35.2. The topological polar surface area (TPSA) is 100 Å². The number of ether oxygens (including phenoxy) is 4. The van der Waals surface area contributed by atoms with Crippen LogP contribution in [-0.2, 0) is 14.3 Å². The van der Waals surface area contributed by atoms with Gasteiger partial charge in [-0.25, -0.2) is 19.6 Å². The Hall–Kier alpha value is -2.81. The number of carbonyl (C=O) groups is 2. The maximum Gasteiger partial charge on any atom is 0.411 e. The Bertz CT molecular complexity index is 993. The van der Waals surface area contributed by atoms with Gasteiger partial charge in [0.25, 0.3) is 5.88 Å². The first kappa shape index (κ1) is 22.9. The number of rotatable bonds is 4. The predicted molar refractivity (Wildman–Crippen MR) is 113 cm³/mol. The van der Waals surface area contributed by atoms with Gasteiger partial charge in [-0.1, -0.05) is 18.5 Å². The molecule has 1 aliphatic heterocycles. The molecule has 0 spiro atoms. The number of fused-ring (bicyclic) bond motifs is 1. The zero-order chi connectivity index (χ0) is 22.9. The standard InChI is InChI=1S/C21H26ClN3O6/c1-11-15(10-25(16(11)19(26)29-6)20(27)31-21(2,3)4)30-18-17(22)23-13-8-7-12(28-5)9-14(13)24-18/h7-9,11,15-16H,10H2,1-6H3/t11-,15+,16+/m1/s1. The number of amides is 1. The maximum atomic E-state index is 12.7. The summed E-state index contributed by atoms with van der Waals surface area (Å²) in [5.41, 5.74) is 0.407. The van der Waals surface area contributed by atoms with E-state index in [1.165, 1.54) is 12.0 Å². The van der Waals surface area contributed by atoms with E-state index in [-0.39, 0.29) is 17.6 Å². The summed E-state index contributed by atoms with van der Waals surface area (Å²) < 4.78 is 21.6. The lowest BCUT2D eigenvalue weighted by Gasteiger charge is -2.27. The van der Waals surface area contributed by atoms with E-state index in [9.17, 15) is 9.59 Å². The molecule has 1 saturated heterocycles. The third-order valence-corrected chi connectivity index (χ3v) is 5.18. The highest BCUT2D eigenvalue weighted by molar-refractivity contribution is 6.31. The molecule has 0 N–H and O–H groups in total. The molecule has 2 aromatic rings. The smallest absolute Gasteiger partial charge is 0.411 e. The lowest BCUT2D eigenvalue weighted by molar-refractivity contribution is -0.147. The number of benzene rings is 1. The Morgan fingerprint density at radius 2 is 1.87 bits per heavy atom. The van der Waals surface area contributed by atoms with Gasteiger partial charge in [-0.05, 0) is 32.9 Å². The van der Waals surface area contributed by atoms with Crippen molar-refractivity contribution in [3.63, 3.8) is 0 Å². The molecule has 0 aliphatic carbocycles. The van der Waals surface area contributed by atoms with Crippen molar-refractivity contribution in [1.29, 1.82) is 0 Å². The zero-order valence-electron chi connectivity index (χ0n) is 18.3. The van der Waals surface area contributed by atoms with Crippen molar-refractivity contribution < 1.29 is 28.5 Å². The number of halogens is 1. The van der Waals surface area contributed by atoms with Crippen LogP contribution in [0.5, 0.6) is 11.6 Å². The van der Waals surface area contributed by atoms with Crippen molar-refractivity contribution in [3.05, 3.63) is 23.4 Å². The Balaban J connectivity index is 1.89. The molecule has 3 atom stereocenters. The molecule has 168 valence electrons. The van der Waals surface area contributed by atoms with E-state index in [1.54, 1.807) is 53.0 Å². The number of hydrogen-bond acceptors (Lipinski definition) is 8. The molecule has 0 bridgehead atoms. The molecule has 1 fully saturated rings. The highest BCUT2D eigenvalue weighted by atomic mass is 35.5. The molecule has 1 aromatic heterocycles. The first-order valence-electron chi connectivity index (χ1n) is 9.79. The van der Waals surface area contributed by atoms with Gasteiger partial charge in [-0.15, -0.1) is 0 Å². The van der Waals surface area contributed by atoms with E-state index in [4.69, 9.17) is 30.5 Å². The van der Waals surface area contributed by atoms with E-state index >= 15 is 0 Å². The number of hydrogen-bond donors (Lipinski definition) is 0. The highest BCUT2D eigenvalue weighted by Crippen LogP contribution is 2.33. The Kier molecular flexibility index (Phi) is 6.45. The third kappa shape index (κ3) is 4.92.